The quantitative estimate of drug-likeness (QED) is 0.726. The third kappa shape index (κ3) is 1.45. The number of hydrogen-bond acceptors (Lipinski definition) is 3. The number of aliphatic hydroxyl groups is 1. The van der Waals surface area contributed by atoms with Gasteiger partial charge >= 0.3 is 0 Å². The predicted molar refractivity (Wildman–Crippen MR) is 62.2 cm³/mol. The van der Waals surface area contributed by atoms with Gasteiger partial charge in [-0.25, -0.2) is 0 Å². The molecule has 0 radical (unpaired) electrons. The molecule has 0 amide bonds. The van der Waals surface area contributed by atoms with Crippen molar-refractivity contribution in [1.82, 2.24) is 4.90 Å². The summed E-state index contributed by atoms with van der Waals surface area (Å²) >= 11 is 0. The molecule has 1 saturated heterocycles. The Kier molecular flexibility index (Phi) is 2.54. The highest BCUT2D eigenvalue weighted by molar-refractivity contribution is 5.09. The highest BCUT2D eigenvalue weighted by Gasteiger charge is 2.58. The fourth-order valence-corrected chi connectivity index (χ4v) is 4.11. The monoisotopic (exact) mass is 225 g/mol. The topological polar surface area (TPSA) is 32.7 Å². The molecule has 0 aromatic rings. The van der Waals surface area contributed by atoms with Gasteiger partial charge in [0, 0.05) is 19.1 Å². The highest BCUT2D eigenvalue weighted by Crippen LogP contribution is 2.60. The van der Waals surface area contributed by atoms with Crippen LogP contribution in [0.2, 0.25) is 0 Å². The molecule has 3 heteroatoms. The lowest BCUT2D eigenvalue weighted by molar-refractivity contribution is -0.180. The summed E-state index contributed by atoms with van der Waals surface area (Å²) in [5.41, 5.74) is 0.447. The minimum Gasteiger partial charge on any atom is -0.391 e. The van der Waals surface area contributed by atoms with E-state index in [1.807, 2.05) is 0 Å². The zero-order valence-corrected chi connectivity index (χ0v) is 10.4. The second kappa shape index (κ2) is 3.69. The minimum atomic E-state index is -0.102. The first-order valence-corrected chi connectivity index (χ1v) is 6.60. The van der Waals surface area contributed by atoms with Crippen molar-refractivity contribution in [2.24, 2.45) is 17.3 Å². The summed E-state index contributed by atoms with van der Waals surface area (Å²) in [4.78, 5) is 2.47. The van der Waals surface area contributed by atoms with Gasteiger partial charge in [-0.2, -0.15) is 0 Å². The Morgan fingerprint density at radius 1 is 1.19 bits per heavy atom. The number of nitrogens with zero attached hydrogens (tertiary/aromatic N) is 1. The Hall–Kier alpha value is -0.120. The van der Waals surface area contributed by atoms with E-state index in [1.165, 1.54) is 6.42 Å². The van der Waals surface area contributed by atoms with Crippen molar-refractivity contribution in [2.75, 3.05) is 26.3 Å². The third-order valence-corrected chi connectivity index (χ3v) is 5.35. The standard InChI is InChI=1S/C13H23NO2/c1-13(2)9-7-10(13)12(11(15)8-9)14-3-5-16-6-4-14/h9-12,15H,3-8H2,1-2H3/t9-,10+,11-,12-/m0/s1. The number of fused-ring (bicyclic) bond motifs is 2. The minimum absolute atomic E-state index is 0.102. The van der Waals surface area contributed by atoms with Crippen LogP contribution in [-0.4, -0.2) is 48.5 Å². The molecular formula is C13H23NO2. The second-order valence-corrected chi connectivity index (χ2v) is 6.30. The Labute approximate surface area is 97.8 Å². The van der Waals surface area contributed by atoms with Crippen LogP contribution in [0.15, 0.2) is 0 Å². The molecule has 4 fully saturated rings. The summed E-state index contributed by atoms with van der Waals surface area (Å²) in [6.07, 6.45) is 2.23. The van der Waals surface area contributed by atoms with E-state index in [0.29, 0.717) is 17.4 Å². The molecule has 0 aromatic heterocycles. The van der Waals surface area contributed by atoms with Gasteiger partial charge in [-0.3, -0.25) is 4.90 Å². The lowest BCUT2D eigenvalue weighted by Gasteiger charge is -2.63. The first-order valence-electron chi connectivity index (χ1n) is 6.60. The number of aliphatic hydroxyl groups excluding tert-OH is 1. The largest absolute Gasteiger partial charge is 0.391 e. The SMILES string of the molecule is CC1(C)[C@H]2C[C@@H]1[C@H](N1CCOCC1)[C@@H](O)C2. The van der Waals surface area contributed by atoms with E-state index >= 15 is 0 Å². The van der Waals surface area contributed by atoms with Crippen LogP contribution in [0.3, 0.4) is 0 Å². The summed E-state index contributed by atoms with van der Waals surface area (Å²) in [5, 5.41) is 10.3. The molecule has 0 unspecified atom stereocenters. The van der Waals surface area contributed by atoms with Crippen LogP contribution < -0.4 is 0 Å². The number of morpholine rings is 1. The molecule has 92 valence electrons. The van der Waals surface area contributed by atoms with E-state index in [4.69, 9.17) is 4.74 Å². The van der Waals surface area contributed by atoms with Crippen LogP contribution in [0.1, 0.15) is 26.7 Å². The summed E-state index contributed by atoms with van der Waals surface area (Å²) in [7, 11) is 0. The van der Waals surface area contributed by atoms with Crippen LogP contribution in [0.5, 0.6) is 0 Å². The Bertz CT molecular complexity index is 273. The van der Waals surface area contributed by atoms with Crippen LogP contribution in [0, 0.1) is 17.3 Å². The van der Waals surface area contributed by atoms with Gasteiger partial charge in [0.2, 0.25) is 0 Å². The molecule has 4 atom stereocenters. The van der Waals surface area contributed by atoms with Crippen LogP contribution >= 0.6 is 0 Å². The van der Waals surface area contributed by atoms with Gasteiger partial charge in [-0.05, 0) is 30.1 Å². The van der Waals surface area contributed by atoms with E-state index in [2.05, 4.69) is 18.7 Å². The Morgan fingerprint density at radius 2 is 1.88 bits per heavy atom. The van der Waals surface area contributed by atoms with Crippen molar-refractivity contribution in [3.63, 3.8) is 0 Å². The van der Waals surface area contributed by atoms with Gasteiger partial charge < -0.3 is 9.84 Å². The molecule has 16 heavy (non-hydrogen) atoms. The molecule has 3 saturated carbocycles. The molecule has 0 spiro atoms. The van der Waals surface area contributed by atoms with E-state index in [-0.39, 0.29) is 6.10 Å². The molecule has 4 aliphatic rings. The summed E-state index contributed by atoms with van der Waals surface area (Å²) < 4.78 is 5.40. The zero-order valence-electron chi connectivity index (χ0n) is 10.4. The van der Waals surface area contributed by atoms with Crippen LogP contribution in [-0.2, 0) is 4.74 Å². The maximum absolute atomic E-state index is 10.3. The van der Waals surface area contributed by atoms with E-state index in [1.54, 1.807) is 0 Å². The summed E-state index contributed by atoms with van der Waals surface area (Å²) in [5.74, 6) is 1.45. The molecule has 1 N–H and O–H groups in total. The Balaban J connectivity index is 1.76. The van der Waals surface area contributed by atoms with E-state index in [9.17, 15) is 5.11 Å². The third-order valence-electron chi connectivity index (χ3n) is 5.35. The lowest BCUT2D eigenvalue weighted by Crippen LogP contribution is -2.66. The van der Waals surface area contributed by atoms with Gasteiger partial charge in [-0.1, -0.05) is 13.8 Å². The molecule has 4 rings (SSSR count). The first-order chi connectivity index (χ1) is 7.60. The predicted octanol–water partition coefficient (Wildman–Crippen LogP) is 1.11. The molecule has 3 aliphatic carbocycles. The Morgan fingerprint density at radius 3 is 2.50 bits per heavy atom. The van der Waals surface area contributed by atoms with Crippen molar-refractivity contribution in [3.05, 3.63) is 0 Å². The smallest absolute Gasteiger partial charge is 0.0701 e. The fourth-order valence-electron chi connectivity index (χ4n) is 4.11. The molecule has 1 heterocycles. The average molecular weight is 225 g/mol. The lowest BCUT2D eigenvalue weighted by atomic mass is 9.46. The van der Waals surface area contributed by atoms with Crippen molar-refractivity contribution in [3.8, 4) is 0 Å². The summed E-state index contributed by atoms with van der Waals surface area (Å²) in [6.45, 7) is 8.42. The summed E-state index contributed by atoms with van der Waals surface area (Å²) in [6, 6.07) is 0.392. The number of rotatable bonds is 1. The van der Waals surface area contributed by atoms with Gasteiger partial charge in [-0.15, -0.1) is 0 Å². The second-order valence-electron chi connectivity index (χ2n) is 6.30. The maximum Gasteiger partial charge on any atom is 0.0701 e. The first kappa shape index (κ1) is 11.0. The van der Waals surface area contributed by atoms with Gasteiger partial charge in [0.25, 0.3) is 0 Å². The molecular weight excluding hydrogens is 202 g/mol. The highest BCUT2D eigenvalue weighted by atomic mass is 16.5. The van der Waals surface area contributed by atoms with Crippen molar-refractivity contribution < 1.29 is 9.84 Å². The van der Waals surface area contributed by atoms with Gasteiger partial charge in [0.1, 0.15) is 0 Å². The molecule has 3 nitrogen and oxygen atoms in total. The number of hydrogen-bond donors (Lipinski definition) is 1. The molecule has 0 aromatic carbocycles. The van der Waals surface area contributed by atoms with E-state index < -0.39 is 0 Å². The van der Waals surface area contributed by atoms with Crippen molar-refractivity contribution >= 4 is 0 Å². The maximum atomic E-state index is 10.3. The normalized spacial score (nSPS) is 47.4. The van der Waals surface area contributed by atoms with Crippen molar-refractivity contribution in [2.45, 2.75) is 38.8 Å². The zero-order chi connectivity index (χ0) is 11.3. The fraction of sp³-hybridized carbons (Fsp3) is 1.00. The molecule has 1 aliphatic heterocycles. The van der Waals surface area contributed by atoms with Crippen molar-refractivity contribution in [1.29, 1.82) is 0 Å². The van der Waals surface area contributed by atoms with Crippen LogP contribution in [0.25, 0.3) is 0 Å². The van der Waals surface area contributed by atoms with E-state index in [0.717, 1.165) is 38.6 Å². The van der Waals surface area contributed by atoms with Gasteiger partial charge in [0.15, 0.2) is 0 Å². The molecule has 2 bridgehead atoms. The number of ether oxygens (including phenoxy) is 1. The van der Waals surface area contributed by atoms with Gasteiger partial charge in [0.05, 0.1) is 19.3 Å². The average Bonchev–Trinajstić information content (AvgIpc) is 2.29. The van der Waals surface area contributed by atoms with Crippen LogP contribution in [0.4, 0.5) is 0 Å².